The van der Waals surface area contributed by atoms with E-state index in [1.165, 1.54) is 12.8 Å². The lowest BCUT2D eigenvalue weighted by atomic mass is 9.90. The molecular weight excluding hydrogens is 246 g/mol. The summed E-state index contributed by atoms with van der Waals surface area (Å²) in [7, 11) is 0. The van der Waals surface area contributed by atoms with Crippen LogP contribution in [0.4, 0.5) is 0 Å². The second kappa shape index (κ2) is 6.57. The summed E-state index contributed by atoms with van der Waals surface area (Å²) in [5, 5.41) is 8.14. The number of hydrogen-bond donors (Lipinski definition) is 1. The van der Waals surface area contributed by atoms with Gasteiger partial charge in [-0.25, -0.2) is 0 Å². The zero-order chi connectivity index (χ0) is 13.0. The molecule has 1 N–H and O–H groups in total. The van der Waals surface area contributed by atoms with Gasteiger partial charge in [0, 0.05) is 0 Å². The number of nitrogens with one attached hydrogen (secondary N) is 1. The van der Waals surface area contributed by atoms with Crippen LogP contribution in [0.25, 0.3) is 0 Å². The second-order valence-corrected chi connectivity index (χ2v) is 6.78. The van der Waals surface area contributed by atoms with Gasteiger partial charge in [-0.15, -0.1) is 0 Å². The van der Waals surface area contributed by atoms with E-state index >= 15 is 0 Å². The number of piperidine rings is 1. The van der Waals surface area contributed by atoms with Gasteiger partial charge >= 0.3 is 0 Å². The molecule has 0 aliphatic carbocycles. The predicted octanol–water partition coefficient (Wildman–Crippen LogP) is 3.16. The normalized spacial score (nSPS) is 24.7. The maximum Gasteiger partial charge on any atom is 0.243 e. The van der Waals surface area contributed by atoms with Gasteiger partial charge in [-0.1, -0.05) is 32.3 Å². The maximum absolute atomic E-state index is 5.39. The van der Waals surface area contributed by atoms with Crippen LogP contribution < -0.4 is 5.32 Å². The molecule has 0 radical (unpaired) electrons. The Morgan fingerprint density at radius 2 is 2.33 bits per heavy atom. The molecule has 2 atom stereocenters. The van der Waals surface area contributed by atoms with Crippen molar-refractivity contribution in [3.05, 3.63) is 11.7 Å². The van der Waals surface area contributed by atoms with Crippen LogP contribution in [-0.4, -0.2) is 21.9 Å². The lowest BCUT2D eigenvalue weighted by Crippen LogP contribution is -2.31. The molecule has 18 heavy (non-hydrogen) atoms. The molecule has 5 heteroatoms. The van der Waals surface area contributed by atoms with Crippen LogP contribution in [0.15, 0.2) is 4.52 Å². The van der Waals surface area contributed by atoms with Gasteiger partial charge in [0.2, 0.25) is 5.89 Å². The Balaban J connectivity index is 1.92. The molecule has 4 nitrogen and oxygen atoms in total. The molecule has 0 bridgehead atoms. The highest BCUT2D eigenvalue weighted by molar-refractivity contribution is 7.99. The number of thioether (sulfide) groups is 1. The third-order valence-electron chi connectivity index (χ3n) is 3.42. The monoisotopic (exact) mass is 269 g/mol. The van der Waals surface area contributed by atoms with Crippen molar-refractivity contribution >= 4 is 11.8 Å². The third kappa shape index (κ3) is 3.72. The van der Waals surface area contributed by atoms with Crippen molar-refractivity contribution < 1.29 is 4.52 Å². The fourth-order valence-corrected chi connectivity index (χ4v) is 2.86. The van der Waals surface area contributed by atoms with Crippen LogP contribution in [0.5, 0.6) is 0 Å². The topological polar surface area (TPSA) is 51.0 Å². The maximum atomic E-state index is 5.39. The number of aromatic nitrogens is 2. The highest BCUT2D eigenvalue weighted by atomic mass is 32.2. The SMILES string of the molecule is CCC1CCNC(c2nc(CSC(C)C)no2)C1. The minimum absolute atomic E-state index is 0.258. The highest BCUT2D eigenvalue weighted by Crippen LogP contribution is 2.28. The second-order valence-electron chi connectivity index (χ2n) is 5.21. The van der Waals surface area contributed by atoms with Gasteiger partial charge in [0.05, 0.1) is 11.8 Å². The van der Waals surface area contributed by atoms with E-state index in [1.807, 2.05) is 11.8 Å². The first-order valence-electron chi connectivity index (χ1n) is 6.86. The van der Waals surface area contributed by atoms with E-state index in [2.05, 4.69) is 36.2 Å². The quantitative estimate of drug-likeness (QED) is 0.890. The van der Waals surface area contributed by atoms with E-state index in [1.54, 1.807) is 0 Å². The minimum atomic E-state index is 0.258. The number of nitrogens with zero attached hydrogens (tertiary/aromatic N) is 2. The Morgan fingerprint density at radius 1 is 1.50 bits per heavy atom. The van der Waals surface area contributed by atoms with E-state index in [4.69, 9.17) is 4.52 Å². The van der Waals surface area contributed by atoms with Crippen molar-refractivity contribution in [2.24, 2.45) is 5.92 Å². The summed E-state index contributed by atoms with van der Waals surface area (Å²) in [5.41, 5.74) is 0. The third-order valence-corrected chi connectivity index (χ3v) is 4.51. The molecule has 1 aromatic heterocycles. The molecule has 102 valence electrons. The van der Waals surface area contributed by atoms with Crippen molar-refractivity contribution in [1.82, 2.24) is 15.5 Å². The minimum Gasteiger partial charge on any atom is -0.338 e. The Morgan fingerprint density at radius 3 is 3.06 bits per heavy atom. The Bertz CT molecular complexity index is 367. The van der Waals surface area contributed by atoms with Crippen molar-refractivity contribution in [1.29, 1.82) is 0 Å². The molecule has 2 rings (SSSR count). The van der Waals surface area contributed by atoms with E-state index in [0.29, 0.717) is 5.25 Å². The van der Waals surface area contributed by atoms with Crippen LogP contribution in [-0.2, 0) is 5.75 Å². The van der Waals surface area contributed by atoms with E-state index < -0.39 is 0 Å². The van der Waals surface area contributed by atoms with Gasteiger partial charge in [-0.05, 0) is 30.6 Å². The number of rotatable bonds is 5. The molecule has 1 aromatic rings. The van der Waals surface area contributed by atoms with Gasteiger partial charge in [0.25, 0.3) is 0 Å². The summed E-state index contributed by atoms with van der Waals surface area (Å²) in [6, 6.07) is 0.258. The molecule has 0 amide bonds. The summed E-state index contributed by atoms with van der Waals surface area (Å²) in [5.74, 6) is 3.22. The largest absolute Gasteiger partial charge is 0.338 e. The molecule has 2 heterocycles. The zero-order valence-electron chi connectivity index (χ0n) is 11.5. The highest BCUT2D eigenvalue weighted by Gasteiger charge is 2.25. The van der Waals surface area contributed by atoms with E-state index in [9.17, 15) is 0 Å². The van der Waals surface area contributed by atoms with Crippen LogP contribution >= 0.6 is 11.8 Å². The Labute approximate surface area is 113 Å². The summed E-state index contributed by atoms with van der Waals surface area (Å²) >= 11 is 1.84. The van der Waals surface area contributed by atoms with Gasteiger partial charge in [0.15, 0.2) is 5.82 Å². The number of hydrogen-bond acceptors (Lipinski definition) is 5. The smallest absolute Gasteiger partial charge is 0.243 e. The van der Waals surface area contributed by atoms with Crippen LogP contribution in [0.1, 0.15) is 57.8 Å². The summed E-state index contributed by atoms with van der Waals surface area (Å²) < 4.78 is 5.39. The molecule has 1 saturated heterocycles. The van der Waals surface area contributed by atoms with Crippen molar-refractivity contribution in [2.75, 3.05) is 6.54 Å². The molecule has 1 fully saturated rings. The first-order valence-corrected chi connectivity index (χ1v) is 7.91. The molecule has 0 saturated carbocycles. The molecule has 1 aliphatic rings. The first kappa shape index (κ1) is 13.9. The summed E-state index contributed by atoms with van der Waals surface area (Å²) in [4.78, 5) is 4.51. The standard InChI is InChI=1S/C13H23N3OS/c1-4-10-5-6-14-11(7-10)13-15-12(16-17-13)8-18-9(2)3/h9-11,14H,4-8H2,1-3H3. The molecule has 1 aliphatic heterocycles. The molecule has 0 spiro atoms. The Hall–Kier alpha value is -0.550. The van der Waals surface area contributed by atoms with Gasteiger partial charge in [-0.3, -0.25) is 0 Å². The van der Waals surface area contributed by atoms with Crippen molar-refractivity contribution in [2.45, 2.75) is 57.1 Å². The van der Waals surface area contributed by atoms with Crippen LogP contribution in [0, 0.1) is 5.92 Å². The van der Waals surface area contributed by atoms with Crippen molar-refractivity contribution in [3.63, 3.8) is 0 Å². The summed E-state index contributed by atoms with van der Waals surface area (Å²) in [6.45, 7) is 7.67. The fraction of sp³-hybridized carbons (Fsp3) is 0.846. The lowest BCUT2D eigenvalue weighted by molar-refractivity contribution is 0.245. The predicted molar refractivity (Wildman–Crippen MR) is 74.5 cm³/mol. The van der Waals surface area contributed by atoms with Gasteiger partial charge in [0.1, 0.15) is 0 Å². The lowest BCUT2D eigenvalue weighted by Gasteiger charge is -2.27. The van der Waals surface area contributed by atoms with Crippen molar-refractivity contribution in [3.8, 4) is 0 Å². The molecule has 2 unspecified atom stereocenters. The average Bonchev–Trinajstić information content (AvgIpc) is 2.85. The van der Waals surface area contributed by atoms with E-state index in [-0.39, 0.29) is 6.04 Å². The summed E-state index contributed by atoms with van der Waals surface area (Å²) in [6.07, 6.45) is 3.62. The van der Waals surface area contributed by atoms with E-state index in [0.717, 1.165) is 36.4 Å². The average molecular weight is 269 g/mol. The zero-order valence-corrected chi connectivity index (χ0v) is 12.3. The van der Waals surface area contributed by atoms with Gasteiger partial charge in [-0.2, -0.15) is 16.7 Å². The fourth-order valence-electron chi connectivity index (χ4n) is 2.26. The van der Waals surface area contributed by atoms with Crippen LogP contribution in [0.3, 0.4) is 0 Å². The van der Waals surface area contributed by atoms with Gasteiger partial charge < -0.3 is 9.84 Å². The first-order chi connectivity index (χ1) is 8.69. The molecule has 0 aromatic carbocycles. The van der Waals surface area contributed by atoms with Crippen LogP contribution in [0.2, 0.25) is 0 Å². The molecular formula is C13H23N3OS. The Kier molecular flexibility index (Phi) is 5.06.